The number of fused-ring (bicyclic) bond motifs is 1. The Bertz CT molecular complexity index is 1340. The summed E-state index contributed by atoms with van der Waals surface area (Å²) < 4.78 is 18.6. The van der Waals surface area contributed by atoms with Gasteiger partial charge in [0, 0.05) is 0 Å². The van der Waals surface area contributed by atoms with Gasteiger partial charge in [0.1, 0.15) is 5.75 Å². The summed E-state index contributed by atoms with van der Waals surface area (Å²) in [5, 5.41) is 4.41. The van der Waals surface area contributed by atoms with E-state index in [4.69, 9.17) is 14.2 Å². The molecule has 0 amide bonds. The van der Waals surface area contributed by atoms with Gasteiger partial charge in [-0.2, -0.15) is 9.50 Å². The van der Waals surface area contributed by atoms with Crippen LogP contribution >= 0.6 is 11.3 Å². The van der Waals surface area contributed by atoms with E-state index in [0.717, 1.165) is 17.5 Å². The minimum Gasteiger partial charge on any atom is -0.496 e. The molecule has 2 heterocycles. The Morgan fingerprint density at radius 2 is 1.84 bits per heavy atom. The predicted molar refractivity (Wildman–Crippen MR) is 126 cm³/mol. The van der Waals surface area contributed by atoms with Crippen molar-refractivity contribution < 1.29 is 14.2 Å². The molecule has 8 heteroatoms. The van der Waals surface area contributed by atoms with Crippen LogP contribution in [0.3, 0.4) is 0 Å². The monoisotopic (exact) mass is 451 g/mol. The first-order valence-electron chi connectivity index (χ1n) is 10.4. The summed E-state index contributed by atoms with van der Waals surface area (Å²) in [5.74, 6) is 3.01. The summed E-state index contributed by atoms with van der Waals surface area (Å²) in [5.41, 5.74) is 1.37. The lowest BCUT2D eigenvalue weighted by atomic mass is 10.1. The van der Waals surface area contributed by atoms with Gasteiger partial charge >= 0.3 is 0 Å². The molecule has 7 nitrogen and oxygen atoms in total. The molecular weight excluding hydrogens is 426 g/mol. The van der Waals surface area contributed by atoms with Crippen molar-refractivity contribution in [3.05, 3.63) is 62.9 Å². The average molecular weight is 452 g/mol. The molecule has 0 saturated carbocycles. The van der Waals surface area contributed by atoms with Crippen LogP contribution in [0.4, 0.5) is 0 Å². The zero-order chi connectivity index (χ0) is 22.7. The summed E-state index contributed by atoms with van der Waals surface area (Å²) in [6.07, 6.45) is 2.78. The Morgan fingerprint density at radius 3 is 2.56 bits per heavy atom. The van der Waals surface area contributed by atoms with Gasteiger partial charge in [0.05, 0.1) is 30.9 Å². The highest BCUT2D eigenvalue weighted by Crippen LogP contribution is 2.29. The van der Waals surface area contributed by atoms with Crippen LogP contribution in [0, 0.1) is 5.92 Å². The molecule has 166 valence electrons. The van der Waals surface area contributed by atoms with E-state index in [1.165, 1.54) is 15.9 Å². The van der Waals surface area contributed by atoms with Gasteiger partial charge in [-0.1, -0.05) is 43.4 Å². The third-order valence-electron chi connectivity index (χ3n) is 4.97. The quantitative estimate of drug-likeness (QED) is 0.406. The molecule has 0 radical (unpaired) electrons. The summed E-state index contributed by atoms with van der Waals surface area (Å²) in [6.45, 7) is 4.94. The summed E-state index contributed by atoms with van der Waals surface area (Å²) in [4.78, 5) is 18.0. The molecule has 4 rings (SSSR count). The second-order valence-corrected chi connectivity index (χ2v) is 8.70. The van der Waals surface area contributed by atoms with Gasteiger partial charge in [-0.15, -0.1) is 5.10 Å². The lowest BCUT2D eigenvalue weighted by Gasteiger charge is -2.12. The van der Waals surface area contributed by atoms with Crippen molar-refractivity contribution in [1.29, 1.82) is 0 Å². The predicted octanol–water partition coefficient (Wildman–Crippen LogP) is 3.81. The van der Waals surface area contributed by atoms with Gasteiger partial charge in [0.2, 0.25) is 4.96 Å². The molecule has 2 aromatic heterocycles. The smallest absolute Gasteiger partial charge is 0.291 e. The van der Waals surface area contributed by atoms with Gasteiger partial charge in [0.25, 0.3) is 5.56 Å². The topological polar surface area (TPSA) is 75.0 Å². The van der Waals surface area contributed by atoms with Gasteiger partial charge < -0.3 is 14.2 Å². The lowest BCUT2D eigenvalue weighted by Crippen LogP contribution is -2.23. The molecule has 0 spiro atoms. The van der Waals surface area contributed by atoms with E-state index < -0.39 is 0 Å². The molecule has 0 aliphatic rings. The van der Waals surface area contributed by atoms with Gasteiger partial charge in [-0.05, 0) is 48.2 Å². The minimum atomic E-state index is -0.213. The summed E-state index contributed by atoms with van der Waals surface area (Å²) in [7, 11) is 3.20. The number of methoxy groups -OCH3 is 2. The zero-order valence-corrected chi connectivity index (χ0v) is 19.3. The fourth-order valence-corrected chi connectivity index (χ4v) is 4.13. The first-order valence-corrected chi connectivity index (χ1v) is 11.2. The molecule has 0 aliphatic heterocycles. The van der Waals surface area contributed by atoms with Crippen molar-refractivity contribution in [2.75, 3.05) is 20.8 Å². The maximum absolute atomic E-state index is 12.9. The molecule has 0 saturated heterocycles. The molecule has 0 unspecified atom stereocenters. The molecule has 0 fully saturated rings. The number of rotatable bonds is 8. The minimum absolute atomic E-state index is 0.213. The standard InChI is InChI=1S/C24H25N3O4S/c1-15(2)11-12-31-19-10-9-16(13-20(19)30-4)14-21-23(28)27-24(32-21)25-22(26-27)17-7-5-6-8-18(17)29-3/h5-10,13-15H,11-12H2,1-4H3/b21-14-. The maximum atomic E-state index is 12.9. The Morgan fingerprint density at radius 1 is 1.06 bits per heavy atom. The molecule has 0 bridgehead atoms. The fourth-order valence-electron chi connectivity index (χ4n) is 3.23. The number of hydrogen-bond donors (Lipinski definition) is 0. The number of nitrogens with zero attached hydrogens (tertiary/aromatic N) is 3. The summed E-state index contributed by atoms with van der Waals surface area (Å²) >= 11 is 1.29. The maximum Gasteiger partial charge on any atom is 0.291 e. The number of aromatic nitrogens is 3. The van der Waals surface area contributed by atoms with Crippen LogP contribution in [0.1, 0.15) is 25.8 Å². The highest BCUT2D eigenvalue weighted by Gasteiger charge is 2.15. The van der Waals surface area contributed by atoms with Crippen LogP contribution in [0.5, 0.6) is 17.2 Å². The second kappa shape index (κ2) is 9.40. The number of ether oxygens (including phenoxy) is 3. The second-order valence-electron chi connectivity index (χ2n) is 7.69. The average Bonchev–Trinajstić information content (AvgIpc) is 3.33. The lowest BCUT2D eigenvalue weighted by molar-refractivity contribution is 0.273. The molecule has 0 aliphatic carbocycles. The van der Waals surface area contributed by atoms with E-state index >= 15 is 0 Å². The SMILES string of the molecule is COc1cc(/C=c2\sc3nc(-c4ccccc4OC)nn3c2=O)ccc1OCCC(C)C. The van der Waals surface area contributed by atoms with Crippen LogP contribution in [0.25, 0.3) is 22.4 Å². The van der Waals surface area contributed by atoms with Crippen LogP contribution in [0.15, 0.2) is 47.3 Å². The van der Waals surface area contributed by atoms with Crippen LogP contribution in [-0.2, 0) is 0 Å². The molecule has 2 aromatic carbocycles. The number of para-hydroxylation sites is 1. The Labute approximate surface area is 189 Å². The number of benzene rings is 2. The van der Waals surface area contributed by atoms with E-state index in [2.05, 4.69) is 23.9 Å². The highest BCUT2D eigenvalue weighted by atomic mass is 32.1. The normalized spacial score (nSPS) is 12.0. The van der Waals surface area contributed by atoms with E-state index in [-0.39, 0.29) is 5.56 Å². The Hall–Kier alpha value is -3.39. The molecule has 4 aromatic rings. The molecule has 32 heavy (non-hydrogen) atoms. The number of hydrogen-bond acceptors (Lipinski definition) is 7. The van der Waals surface area contributed by atoms with E-state index in [1.807, 2.05) is 48.5 Å². The van der Waals surface area contributed by atoms with E-state index in [1.54, 1.807) is 14.2 Å². The van der Waals surface area contributed by atoms with Crippen molar-refractivity contribution in [2.45, 2.75) is 20.3 Å². The highest BCUT2D eigenvalue weighted by molar-refractivity contribution is 7.15. The van der Waals surface area contributed by atoms with Crippen LogP contribution in [-0.4, -0.2) is 35.4 Å². The fraction of sp³-hybridized carbons (Fsp3) is 0.292. The van der Waals surface area contributed by atoms with E-state index in [9.17, 15) is 4.79 Å². The first kappa shape index (κ1) is 21.8. The van der Waals surface area contributed by atoms with Crippen molar-refractivity contribution in [2.24, 2.45) is 5.92 Å². The van der Waals surface area contributed by atoms with Crippen LogP contribution in [0.2, 0.25) is 0 Å². The van der Waals surface area contributed by atoms with Crippen molar-refractivity contribution >= 4 is 22.4 Å². The van der Waals surface area contributed by atoms with Crippen molar-refractivity contribution in [1.82, 2.24) is 14.6 Å². The van der Waals surface area contributed by atoms with Crippen LogP contribution < -0.4 is 24.3 Å². The molecule has 0 N–H and O–H groups in total. The Balaban J connectivity index is 1.65. The van der Waals surface area contributed by atoms with Gasteiger partial charge in [-0.3, -0.25) is 4.79 Å². The largest absolute Gasteiger partial charge is 0.496 e. The molecule has 0 atom stereocenters. The zero-order valence-electron chi connectivity index (χ0n) is 18.5. The van der Waals surface area contributed by atoms with E-state index in [0.29, 0.717) is 45.1 Å². The first-order chi connectivity index (χ1) is 15.5. The Kier molecular flexibility index (Phi) is 6.41. The third kappa shape index (κ3) is 4.45. The van der Waals surface area contributed by atoms with Gasteiger partial charge in [-0.25, -0.2) is 0 Å². The number of thiazole rings is 1. The van der Waals surface area contributed by atoms with Crippen molar-refractivity contribution in [3.8, 4) is 28.6 Å². The summed E-state index contributed by atoms with van der Waals surface area (Å²) in [6, 6.07) is 13.1. The molecular formula is C24H25N3O4S. The van der Waals surface area contributed by atoms with Crippen molar-refractivity contribution in [3.63, 3.8) is 0 Å². The third-order valence-corrected chi connectivity index (χ3v) is 5.93. The van der Waals surface area contributed by atoms with Gasteiger partial charge in [0.15, 0.2) is 17.3 Å².